The zero-order valence-electron chi connectivity index (χ0n) is 16.7. The van der Waals surface area contributed by atoms with E-state index >= 15 is 0 Å². The van der Waals surface area contributed by atoms with Crippen LogP contribution in [0.5, 0.6) is 0 Å². The number of piperidine rings is 1. The van der Waals surface area contributed by atoms with E-state index in [0.29, 0.717) is 16.5 Å². The zero-order valence-corrected chi connectivity index (χ0v) is 18.2. The smallest absolute Gasteiger partial charge is 0.225 e. The third kappa shape index (κ3) is 4.31. The first-order valence-corrected chi connectivity index (χ1v) is 11.0. The number of amides is 1. The van der Waals surface area contributed by atoms with Gasteiger partial charge in [0.15, 0.2) is 0 Å². The molecule has 0 bridgehead atoms. The molecule has 0 aliphatic carbocycles. The van der Waals surface area contributed by atoms with E-state index in [1.54, 1.807) is 0 Å². The van der Waals surface area contributed by atoms with Crippen LogP contribution in [0.3, 0.4) is 0 Å². The number of likely N-dealkylation sites (tertiary alicyclic amines) is 1. The monoisotopic (exact) mass is 431 g/mol. The Morgan fingerprint density at radius 3 is 2.62 bits per heavy atom. The van der Waals surface area contributed by atoms with Crippen molar-refractivity contribution in [2.45, 2.75) is 37.3 Å². The lowest BCUT2D eigenvalue weighted by molar-refractivity contribution is -0.124. The van der Waals surface area contributed by atoms with E-state index in [4.69, 9.17) is 23.2 Å². The molecule has 0 radical (unpaired) electrons. The summed E-state index contributed by atoms with van der Waals surface area (Å²) in [6.07, 6.45) is 3.39. The summed E-state index contributed by atoms with van der Waals surface area (Å²) in [5, 5.41) is 7.89. The number of hydrogen-bond acceptors (Lipinski definition) is 3. The van der Waals surface area contributed by atoms with Crippen molar-refractivity contribution in [3.63, 3.8) is 0 Å². The molecule has 0 saturated carbocycles. The van der Waals surface area contributed by atoms with Crippen molar-refractivity contribution in [2.24, 2.45) is 0 Å². The fourth-order valence-electron chi connectivity index (χ4n) is 4.76. The third-order valence-corrected chi connectivity index (χ3v) is 7.14. The van der Waals surface area contributed by atoms with Crippen LogP contribution in [0.4, 0.5) is 0 Å². The summed E-state index contributed by atoms with van der Waals surface area (Å²) in [5.74, 6) is 0.145. The highest BCUT2D eigenvalue weighted by Gasteiger charge is 2.41. The summed E-state index contributed by atoms with van der Waals surface area (Å²) in [4.78, 5) is 14.8. The highest BCUT2D eigenvalue weighted by Crippen LogP contribution is 2.38. The molecule has 2 aliphatic heterocycles. The van der Waals surface area contributed by atoms with Gasteiger partial charge in [-0.3, -0.25) is 4.79 Å². The van der Waals surface area contributed by atoms with Gasteiger partial charge in [-0.05, 0) is 61.7 Å². The summed E-state index contributed by atoms with van der Waals surface area (Å²) in [7, 11) is 1.98. The molecule has 1 amide bonds. The van der Waals surface area contributed by atoms with Crippen LogP contribution < -0.4 is 10.6 Å². The first-order valence-electron chi connectivity index (χ1n) is 10.2. The number of carbonyl (C=O) groups excluding carboxylic acids is 1. The molecule has 0 aromatic heterocycles. The largest absolute Gasteiger partial charge is 0.346 e. The number of rotatable bonds is 5. The lowest BCUT2D eigenvalue weighted by atomic mass is 9.75. The molecular formula is C23H27Cl2N3O. The van der Waals surface area contributed by atoms with Gasteiger partial charge >= 0.3 is 0 Å². The van der Waals surface area contributed by atoms with E-state index in [1.807, 2.05) is 31.3 Å². The second-order valence-electron chi connectivity index (χ2n) is 8.11. The summed E-state index contributed by atoms with van der Waals surface area (Å²) >= 11 is 12.2. The van der Waals surface area contributed by atoms with Crippen molar-refractivity contribution in [1.82, 2.24) is 15.5 Å². The predicted octanol–water partition coefficient (Wildman–Crippen LogP) is 4.31. The Morgan fingerprint density at radius 2 is 1.90 bits per heavy atom. The number of nitrogens with one attached hydrogen (secondary N) is 2. The van der Waals surface area contributed by atoms with Crippen LogP contribution >= 0.6 is 23.2 Å². The number of benzene rings is 2. The molecule has 6 heteroatoms. The Kier molecular flexibility index (Phi) is 6.16. The first-order chi connectivity index (χ1) is 14.0. The molecule has 4 nitrogen and oxygen atoms in total. The molecule has 2 N–H and O–H groups in total. The maximum atomic E-state index is 12.3. The van der Waals surface area contributed by atoms with Crippen molar-refractivity contribution < 1.29 is 4.79 Å². The predicted molar refractivity (Wildman–Crippen MR) is 119 cm³/mol. The maximum absolute atomic E-state index is 12.3. The van der Waals surface area contributed by atoms with Crippen molar-refractivity contribution >= 4 is 29.1 Å². The Balaban J connectivity index is 1.39. The molecule has 2 aromatic rings. The number of halogens is 2. The first kappa shape index (κ1) is 20.7. The molecule has 1 fully saturated rings. The third-order valence-electron chi connectivity index (χ3n) is 6.40. The lowest BCUT2D eigenvalue weighted by Crippen LogP contribution is -2.56. The van der Waals surface area contributed by atoms with Crippen LogP contribution in [0.2, 0.25) is 10.0 Å². The molecule has 1 spiro atoms. The van der Waals surface area contributed by atoms with E-state index in [0.717, 1.165) is 44.5 Å². The lowest BCUT2D eigenvalue weighted by Gasteiger charge is -2.46. The minimum Gasteiger partial charge on any atom is -0.346 e. The van der Waals surface area contributed by atoms with Crippen molar-refractivity contribution in [3.05, 3.63) is 69.2 Å². The van der Waals surface area contributed by atoms with Gasteiger partial charge < -0.3 is 15.5 Å². The Hall–Kier alpha value is -1.59. The van der Waals surface area contributed by atoms with Gasteiger partial charge in [0.25, 0.3) is 0 Å². The average molecular weight is 432 g/mol. The van der Waals surface area contributed by atoms with Gasteiger partial charge in [0, 0.05) is 19.1 Å². The van der Waals surface area contributed by atoms with Gasteiger partial charge in [-0.2, -0.15) is 0 Å². The molecule has 4 rings (SSSR count). The molecule has 2 aliphatic rings. The van der Waals surface area contributed by atoms with Crippen LogP contribution in [0.25, 0.3) is 0 Å². The molecule has 2 heterocycles. The number of fused-ring (bicyclic) bond motifs is 2. The fraction of sp³-hybridized carbons (Fsp3) is 0.435. The van der Waals surface area contributed by atoms with Gasteiger partial charge in [-0.15, -0.1) is 0 Å². The van der Waals surface area contributed by atoms with Crippen molar-refractivity contribution in [2.75, 3.05) is 26.7 Å². The van der Waals surface area contributed by atoms with E-state index in [9.17, 15) is 4.79 Å². The van der Waals surface area contributed by atoms with Gasteiger partial charge in [0.05, 0.1) is 22.0 Å². The van der Waals surface area contributed by atoms with Crippen LogP contribution in [0, 0.1) is 0 Å². The van der Waals surface area contributed by atoms with E-state index in [2.05, 4.69) is 33.7 Å². The second-order valence-corrected chi connectivity index (χ2v) is 8.92. The SMILES string of the molecule is CN[C@@H](CCN1CCC2(CC1)NC(=O)Cc1ccccc12)c1ccc(Cl)c(Cl)c1. The summed E-state index contributed by atoms with van der Waals surface area (Å²) in [6.45, 7) is 2.95. The molecule has 154 valence electrons. The summed E-state index contributed by atoms with van der Waals surface area (Å²) in [5.41, 5.74) is 3.45. The summed E-state index contributed by atoms with van der Waals surface area (Å²) in [6, 6.07) is 14.5. The van der Waals surface area contributed by atoms with Gasteiger partial charge in [-0.25, -0.2) is 0 Å². The number of carbonyl (C=O) groups is 1. The van der Waals surface area contributed by atoms with Crippen molar-refractivity contribution in [3.8, 4) is 0 Å². The zero-order chi connectivity index (χ0) is 20.4. The molecule has 1 saturated heterocycles. The fourth-order valence-corrected chi connectivity index (χ4v) is 5.07. The molecular weight excluding hydrogens is 405 g/mol. The van der Waals surface area contributed by atoms with Crippen LogP contribution in [-0.4, -0.2) is 37.5 Å². The topological polar surface area (TPSA) is 44.4 Å². The van der Waals surface area contributed by atoms with Crippen molar-refractivity contribution in [1.29, 1.82) is 0 Å². The molecule has 1 atom stereocenters. The van der Waals surface area contributed by atoms with Gasteiger partial charge in [0.2, 0.25) is 5.91 Å². The highest BCUT2D eigenvalue weighted by molar-refractivity contribution is 6.42. The van der Waals surface area contributed by atoms with E-state index < -0.39 is 0 Å². The van der Waals surface area contributed by atoms with Crippen LogP contribution in [0.1, 0.15) is 42.0 Å². The molecule has 2 aromatic carbocycles. The minimum absolute atomic E-state index is 0.145. The Labute approximate surface area is 182 Å². The maximum Gasteiger partial charge on any atom is 0.225 e. The molecule has 0 unspecified atom stereocenters. The van der Waals surface area contributed by atoms with Gasteiger partial charge in [0.1, 0.15) is 0 Å². The molecule has 29 heavy (non-hydrogen) atoms. The number of hydrogen-bond donors (Lipinski definition) is 2. The van der Waals surface area contributed by atoms with E-state index in [1.165, 1.54) is 11.1 Å². The van der Waals surface area contributed by atoms with Crippen LogP contribution in [0.15, 0.2) is 42.5 Å². The number of nitrogens with zero attached hydrogens (tertiary/aromatic N) is 1. The Morgan fingerprint density at radius 1 is 1.14 bits per heavy atom. The normalized spacial score (nSPS) is 19.6. The minimum atomic E-state index is -0.200. The quantitative estimate of drug-likeness (QED) is 0.740. The highest BCUT2D eigenvalue weighted by atomic mass is 35.5. The Bertz CT molecular complexity index is 893. The van der Waals surface area contributed by atoms with E-state index in [-0.39, 0.29) is 17.5 Å². The summed E-state index contributed by atoms with van der Waals surface area (Å²) < 4.78 is 0. The average Bonchev–Trinajstić information content (AvgIpc) is 2.72. The second kappa shape index (κ2) is 8.65. The van der Waals surface area contributed by atoms with Gasteiger partial charge in [-0.1, -0.05) is 53.5 Å². The standard InChI is InChI=1S/C23H27Cl2N3O/c1-26-21(17-6-7-19(24)20(25)14-17)8-11-28-12-9-23(10-13-28)18-5-3-2-4-16(18)15-22(29)27-23/h2-7,14,21,26H,8-13,15H2,1H3,(H,27,29)/t21-/m0/s1. The van der Waals surface area contributed by atoms with Crippen LogP contribution in [-0.2, 0) is 16.8 Å².